The Morgan fingerprint density at radius 2 is 1.82 bits per heavy atom. The predicted octanol–water partition coefficient (Wildman–Crippen LogP) is 4.52. The summed E-state index contributed by atoms with van der Waals surface area (Å²) in [6, 6.07) is 12.9. The monoisotopic (exact) mass is 509 g/mol. The van der Waals surface area contributed by atoms with Crippen LogP contribution in [0.15, 0.2) is 61.1 Å². The number of piperidine rings is 1. The number of nitrogens with zero attached hydrogens (tertiary/aromatic N) is 5. The molecule has 9 nitrogen and oxygen atoms in total. The van der Waals surface area contributed by atoms with Crippen LogP contribution >= 0.6 is 0 Å². The molecule has 2 aliphatic rings. The van der Waals surface area contributed by atoms with Crippen LogP contribution in [0.2, 0.25) is 0 Å². The second-order valence-corrected chi connectivity index (χ2v) is 10.3. The summed E-state index contributed by atoms with van der Waals surface area (Å²) in [4.78, 5) is 41.5. The van der Waals surface area contributed by atoms with E-state index < -0.39 is 0 Å². The number of hydrogen-bond acceptors (Lipinski definition) is 6. The van der Waals surface area contributed by atoms with Crippen LogP contribution in [0, 0.1) is 5.92 Å². The van der Waals surface area contributed by atoms with Crippen molar-refractivity contribution in [1.82, 2.24) is 24.3 Å². The van der Waals surface area contributed by atoms with Crippen LogP contribution in [0.3, 0.4) is 0 Å². The van der Waals surface area contributed by atoms with Crippen molar-refractivity contribution in [3.8, 4) is 11.3 Å². The first-order chi connectivity index (χ1) is 18.5. The minimum absolute atomic E-state index is 0.0988. The van der Waals surface area contributed by atoms with Crippen LogP contribution in [-0.2, 0) is 4.79 Å². The molecule has 4 aromatic rings. The van der Waals surface area contributed by atoms with E-state index >= 15 is 0 Å². The standard InChI is InChI=1S/C29H31N7O2/c1-18-8-9-22(17-36(18)29(38)21-5-4-6-21)27-34-24(25-26(30)32-15-16-35(25)27)19-10-12-20(13-11-19)28(37)33-23-7-2-3-14-31-23/h2-3,7,10-16,18,21-22H,4-6,8-9,17H2,1H3,(H2,30,32)(H,31,33,37)/t18-,22+/m1/s1. The number of nitrogen functional groups attached to an aromatic ring is 1. The topological polar surface area (TPSA) is 119 Å². The Hall–Kier alpha value is -4.27. The van der Waals surface area contributed by atoms with Crippen LogP contribution in [-0.4, -0.2) is 48.7 Å². The van der Waals surface area contributed by atoms with Gasteiger partial charge in [0.2, 0.25) is 5.91 Å². The number of benzene rings is 1. The lowest BCUT2D eigenvalue weighted by Gasteiger charge is -2.41. The van der Waals surface area contributed by atoms with Crippen molar-refractivity contribution in [3.05, 3.63) is 72.4 Å². The lowest BCUT2D eigenvalue weighted by atomic mass is 9.82. The number of aromatic nitrogens is 4. The minimum Gasteiger partial charge on any atom is -0.382 e. The van der Waals surface area contributed by atoms with Gasteiger partial charge in [0.05, 0.1) is 0 Å². The Labute approximate surface area is 221 Å². The van der Waals surface area contributed by atoms with Crippen molar-refractivity contribution in [3.63, 3.8) is 0 Å². The minimum atomic E-state index is -0.237. The molecule has 1 aliphatic carbocycles. The van der Waals surface area contributed by atoms with E-state index in [0.717, 1.165) is 54.7 Å². The van der Waals surface area contributed by atoms with Crippen LogP contribution in [0.4, 0.5) is 11.6 Å². The van der Waals surface area contributed by atoms with E-state index in [9.17, 15) is 9.59 Å². The number of pyridine rings is 1. The molecule has 0 bridgehead atoms. The molecule has 2 amide bonds. The molecular weight excluding hydrogens is 478 g/mol. The molecule has 194 valence electrons. The average molecular weight is 510 g/mol. The molecule has 2 atom stereocenters. The van der Waals surface area contributed by atoms with Gasteiger partial charge >= 0.3 is 0 Å². The summed E-state index contributed by atoms with van der Waals surface area (Å²) in [5.74, 6) is 2.11. The van der Waals surface area contributed by atoms with Gasteiger partial charge in [-0.25, -0.2) is 15.0 Å². The van der Waals surface area contributed by atoms with E-state index in [1.807, 2.05) is 28.8 Å². The van der Waals surface area contributed by atoms with Crippen molar-refractivity contribution in [2.45, 2.75) is 51.0 Å². The number of imidazole rings is 1. The Balaban J connectivity index is 1.30. The summed E-state index contributed by atoms with van der Waals surface area (Å²) in [6.45, 7) is 2.80. The lowest BCUT2D eigenvalue weighted by molar-refractivity contribution is -0.142. The average Bonchev–Trinajstić information content (AvgIpc) is 3.29. The highest BCUT2D eigenvalue weighted by Gasteiger charge is 2.37. The second kappa shape index (κ2) is 9.89. The van der Waals surface area contributed by atoms with Gasteiger partial charge in [-0.15, -0.1) is 0 Å². The maximum absolute atomic E-state index is 13.1. The molecule has 4 heterocycles. The van der Waals surface area contributed by atoms with E-state index in [4.69, 9.17) is 10.7 Å². The molecule has 9 heteroatoms. The normalized spacial score (nSPS) is 19.8. The van der Waals surface area contributed by atoms with Gasteiger partial charge in [0, 0.05) is 54.1 Å². The molecule has 38 heavy (non-hydrogen) atoms. The molecule has 1 saturated carbocycles. The Kier molecular flexibility index (Phi) is 6.27. The number of nitrogens with one attached hydrogen (secondary N) is 1. The van der Waals surface area contributed by atoms with Crippen LogP contribution in [0.25, 0.3) is 16.8 Å². The molecule has 6 rings (SSSR count). The zero-order valence-corrected chi connectivity index (χ0v) is 21.4. The third-order valence-corrected chi connectivity index (χ3v) is 7.92. The lowest BCUT2D eigenvalue weighted by Crippen LogP contribution is -2.48. The smallest absolute Gasteiger partial charge is 0.256 e. The summed E-state index contributed by atoms with van der Waals surface area (Å²) in [5.41, 5.74) is 9.17. The second-order valence-electron chi connectivity index (χ2n) is 10.3. The highest BCUT2D eigenvalue weighted by atomic mass is 16.2. The number of amides is 2. The van der Waals surface area contributed by atoms with Gasteiger partial charge in [0.1, 0.15) is 28.7 Å². The van der Waals surface area contributed by atoms with Crippen LogP contribution in [0.5, 0.6) is 0 Å². The number of fused-ring (bicyclic) bond motifs is 1. The van der Waals surface area contributed by atoms with Crippen molar-refractivity contribution in [2.24, 2.45) is 5.92 Å². The fraction of sp³-hybridized carbons (Fsp3) is 0.345. The molecule has 0 radical (unpaired) electrons. The third-order valence-electron chi connectivity index (χ3n) is 7.92. The summed E-state index contributed by atoms with van der Waals surface area (Å²) in [7, 11) is 0. The van der Waals surface area contributed by atoms with Gasteiger partial charge in [-0.1, -0.05) is 24.6 Å². The number of carbonyl (C=O) groups excluding carboxylic acids is 2. The maximum Gasteiger partial charge on any atom is 0.256 e. The fourth-order valence-corrected chi connectivity index (χ4v) is 5.50. The Morgan fingerprint density at radius 1 is 1.00 bits per heavy atom. The van der Waals surface area contributed by atoms with Crippen LogP contribution in [0.1, 0.15) is 61.1 Å². The first-order valence-corrected chi connectivity index (χ1v) is 13.3. The van der Waals surface area contributed by atoms with Gasteiger partial charge in [-0.3, -0.25) is 14.0 Å². The molecule has 0 unspecified atom stereocenters. The van der Waals surface area contributed by atoms with E-state index in [-0.39, 0.29) is 29.7 Å². The van der Waals surface area contributed by atoms with Gasteiger partial charge in [0.15, 0.2) is 0 Å². The van der Waals surface area contributed by atoms with E-state index in [1.165, 1.54) is 0 Å². The van der Waals surface area contributed by atoms with Crippen molar-refractivity contribution < 1.29 is 9.59 Å². The van der Waals surface area contributed by atoms with Crippen molar-refractivity contribution >= 4 is 29.0 Å². The molecule has 1 saturated heterocycles. The summed E-state index contributed by atoms with van der Waals surface area (Å²) in [5, 5.41) is 2.80. The van der Waals surface area contributed by atoms with Gasteiger partial charge in [-0.2, -0.15) is 0 Å². The molecule has 1 aliphatic heterocycles. The van der Waals surface area contributed by atoms with Crippen molar-refractivity contribution in [1.29, 1.82) is 0 Å². The molecule has 3 N–H and O–H groups in total. The molecule has 1 aromatic carbocycles. The van der Waals surface area contributed by atoms with Gasteiger partial charge < -0.3 is 16.0 Å². The van der Waals surface area contributed by atoms with Gasteiger partial charge in [0.25, 0.3) is 5.91 Å². The largest absolute Gasteiger partial charge is 0.382 e. The summed E-state index contributed by atoms with van der Waals surface area (Å²) >= 11 is 0. The Morgan fingerprint density at radius 3 is 2.53 bits per heavy atom. The number of likely N-dealkylation sites (tertiary alicyclic amines) is 1. The van der Waals surface area contributed by atoms with E-state index in [0.29, 0.717) is 23.7 Å². The van der Waals surface area contributed by atoms with Crippen LogP contribution < -0.4 is 11.1 Å². The number of nitrogens with two attached hydrogens (primary N) is 1. The SMILES string of the molecule is C[C@@H]1CC[C@H](c2nc(-c3ccc(C(=O)Nc4ccccn4)cc3)c3c(N)nccn23)CN1C(=O)C1CCC1. The summed E-state index contributed by atoms with van der Waals surface area (Å²) < 4.78 is 2.02. The quantitative estimate of drug-likeness (QED) is 0.408. The molecule has 2 fully saturated rings. The molecule has 0 spiro atoms. The van der Waals surface area contributed by atoms with E-state index in [1.54, 1.807) is 36.7 Å². The maximum atomic E-state index is 13.1. The number of rotatable bonds is 5. The molecular formula is C29H31N7O2. The zero-order chi connectivity index (χ0) is 26.2. The van der Waals surface area contributed by atoms with Gasteiger partial charge in [-0.05, 0) is 56.9 Å². The highest BCUT2D eigenvalue weighted by molar-refractivity contribution is 6.04. The summed E-state index contributed by atoms with van der Waals surface area (Å²) in [6.07, 6.45) is 10.2. The van der Waals surface area contributed by atoms with Crippen molar-refractivity contribution in [2.75, 3.05) is 17.6 Å². The predicted molar refractivity (Wildman–Crippen MR) is 146 cm³/mol. The highest BCUT2D eigenvalue weighted by Crippen LogP contribution is 2.37. The Bertz CT molecular complexity index is 1480. The number of anilines is 2. The zero-order valence-electron chi connectivity index (χ0n) is 21.4. The number of hydrogen-bond donors (Lipinski definition) is 2. The first kappa shape index (κ1) is 24.1. The third kappa shape index (κ3) is 4.38. The van der Waals surface area contributed by atoms with E-state index in [2.05, 4.69) is 27.1 Å². The first-order valence-electron chi connectivity index (χ1n) is 13.3. The number of carbonyl (C=O) groups is 2. The molecule has 3 aromatic heterocycles. The fourth-order valence-electron chi connectivity index (χ4n) is 5.50.